The molecule has 1 heterocycles. The maximum Gasteiger partial charge on any atom is 0.456 e. The third kappa shape index (κ3) is 3.59. The van der Waals surface area contributed by atoms with Crippen molar-refractivity contribution in [1.82, 2.24) is 9.97 Å². The minimum absolute atomic E-state index is 0.524. The smallest absolute Gasteiger partial charge is 0.456 e. The topological polar surface area (TPSA) is 78.2 Å². The van der Waals surface area contributed by atoms with Gasteiger partial charge in [-0.1, -0.05) is 0 Å². The lowest BCUT2D eigenvalue weighted by molar-refractivity contribution is -0.386. The first-order chi connectivity index (χ1) is 8.54. The molecule has 0 atom stereocenters. The van der Waals surface area contributed by atoms with Crippen LogP contribution < -0.4 is 4.74 Å². The Kier molecular flexibility index (Phi) is 4.08. The van der Waals surface area contributed by atoms with Crippen LogP contribution in [-0.2, 0) is 0 Å². The van der Waals surface area contributed by atoms with Crippen molar-refractivity contribution >= 4 is 17.3 Å². The summed E-state index contributed by atoms with van der Waals surface area (Å²) >= 11 is 5.23. The molecular weight excluding hydrogens is 305 g/mol. The van der Waals surface area contributed by atoms with Crippen LogP contribution in [0.15, 0.2) is 6.20 Å². The SMILES string of the molecule is O=[N+]([O-])c1cnc(Cl)nc1OCC(F)(F)C(F)(F)F. The molecule has 0 saturated carbocycles. The van der Waals surface area contributed by atoms with E-state index in [1.807, 2.05) is 0 Å². The third-order valence-electron chi connectivity index (χ3n) is 1.71. The number of rotatable bonds is 4. The first kappa shape index (κ1) is 15.3. The van der Waals surface area contributed by atoms with E-state index < -0.39 is 40.5 Å². The summed E-state index contributed by atoms with van der Waals surface area (Å²) in [6.45, 7) is -2.16. The molecule has 19 heavy (non-hydrogen) atoms. The number of nitro groups is 1. The molecule has 0 saturated heterocycles. The van der Waals surface area contributed by atoms with Gasteiger partial charge in [-0.25, -0.2) is 4.98 Å². The highest BCUT2D eigenvalue weighted by Gasteiger charge is 2.58. The molecule has 0 N–H and O–H groups in total. The normalized spacial score (nSPS) is 12.3. The molecule has 0 bridgehead atoms. The fraction of sp³-hybridized carbons (Fsp3) is 0.429. The molecule has 0 unspecified atom stereocenters. The fourth-order valence-electron chi connectivity index (χ4n) is 0.812. The van der Waals surface area contributed by atoms with E-state index in [2.05, 4.69) is 14.7 Å². The van der Waals surface area contributed by atoms with Crippen LogP contribution in [0, 0.1) is 10.1 Å². The van der Waals surface area contributed by atoms with E-state index in [0.717, 1.165) is 0 Å². The second kappa shape index (κ2) is 5.07. The van der Waals surface area contributed by atoms with Crippen LogP contribution in [0.25, 0.3) is 0 Å². The zero-order valence-electron chi connectivity index (χ0n) is 8.62. The van der Waals surface area contributed by atoms with Crippen LogP contribution in [0.3, 0.4) is 0 Å². The summed E-state index contributed by atoms with van der Waals surface area (Å²) in [5, 5.41) is 9.85. The molecule has 1 aromatic heterocycles. The lowest BCUT2D eigenvalue weighted by atomic mass is 10.3. The minimum atomic E-state index is -5.85. The maximum atomic E-state index is 12.6. The van der Waals surface area contributed by atoms with Crippen molar-refractivity contribution in [1.29, 1.82) is 0 Å². The van der Waals surface area contributed by atoms with Crippen LogP contribution in [-0.4, -0.2) is 33.6 Å². The van der Waals surface area contributed by atoms with E-state index in [0.29, 0.717) is 6.20 Å². The molecule has 12 heteroatoms. The van der Waals surface area contributed by atoms with Crippen molar-refractivity contribution in [2.75, 3.05) is 6.61 Å². The van der Waals surface area contributed by atoms with Crippen LogP contribution in [0.5, 0.6) is 5.88 Å². The second-order valence-corrected chi connectivity index (χ2v) is 3.42. The van der Waals surface area contributed by atoms with E-state index in [4.69, 9.17) is 11.6 Å². The summed E-state index contributed by atoms with van der Waals surface area (Å²) in [7, 11) is 0. The minimum Gasteiger partial charge on any atom is -0.466 e. The monoisotopic (exact) mass is 307 g/mol. The molecule has 0 aliphatic rings. The van der Waals surface area contributed by atoms with Gasteiger partial charge in [-0.15, -0.1) is 0 Å². The van der Waals surface area contributed by atoms with Crippen molar-refractivity contribution in [3.05, 3.63) is 21.6 Å². The average Bonchev–Trinajstić information content (AvgIpc) is 2.24. The summed E-state index contributed by atoms with van der Waals surface area (Å²) in [5.74, 6) is -6.26. The molecule has 106 valence electrons. The van der Waals surface area contributed by atoms with Gasteiger partial charge in [-0.2, -0.15) is 26.9 Å². The zero-order chi connectivity index (χ0) is 14.8. The quantitative estimate of drug-likeness (QED) is 0.370. The Balaban J connectivity index is 2.95. The van der Waals surface area contributed by atoms with Gasteiger partial charge in [0.15, 0.2) is 6.61 Å². The van der Waals surface area contributed by atoms with Gasteiger partial charge in [-0.3, -0.25) is 10.1 Å². The number of alkyl halides is 5. The Morgan fingerprint density at radius 3 is 2.42 bits per heavy atom. The van der Waals surface area contributed by atoms with Crippen molar-refractivity contribution in [3.8, 4) is 5.88 Å². The number of halogens is 6. The Morgan fingerprint density at radius 2 is 1.95 bits per heavy atom. The molecule has 1 aromatic rings. The Hall–Kier alpha value is -1.78. The van der Waals surface area contributed by atoms with Crippen molar-refractivity contribution in [2.24, 2.45) is 0 Å². The Bertz CT molecular complexity index is 495. The molecular formula is C7H3ClF5N3O3. The summed E-state index contributed by atoms with van der Waals surface area (Å²) in [6, 6.07) is 0. The largest absolute Gasteiger partial charge is 0.466 e. The van der Waals surface area contributed by atoms with E-state index in [-0.39, 0.29) is 0 Å². The molecule has 1 rings (SSSR count). The molecule has 0 aliphatic heterocycles. The first-order valence-electron chi connectivity index (χ1n) is 4.29. The van der Waals surface area contributed by atoms with Crippen molar-refractivity contribution in [2.45, 2.75) is 12.1 Å². The molecule has 0 radical (unpaired) electrons. The Morgan fingerprint density at radius 1 is 1.37 bits per heavy atom. The molecule has 0 aromatic carbocycles. The predicted molar refractivity (Wildman–Crippen MR) is 50.2 cm³/mol. The summed E-state index contributed by atoms with van der Waals surface area (Å²) in [6.07, 6.45) is -5.32. The van der Waals surface area contributed by atoms with Gasteiger partial charge in [0.1, 0.15) is 6.20 Å². The summed E-state index contributed by atoms with van der Waals surface area (Å²) in [5.41, 5.74) is -0.984. The summed E-state index contributed by atoms with van der Waals surface area (Å²) in [4.78, 5) is 15.6. The van der Waals surface area contributed by atoms with E-state index in [1.54, 1.807) is 0 Å². The highest BCUT2D eigenvalue weighted by Crippen LogP contribution is 2.36. The molecule has 0 amide bonds. The van der Waals surface area contributed by atoms with Gasteiger partial charge in [0.25, 0.3) is 5.88 Å². The Labute approximate surface area is 106 Å². The highest BCUT2D eigenvalue weighted by atomic mass is 35.5. The van der Waals surface area contributed by atoms with Gasteiger partial charge < -0.3 is 4.74 Å². The van der Waals surface area contributed by atoms with E-state index in [9.17, 15) is 32.1 Å². The van der Waals surface area contributed by atoms with Crippen LogP contribution in [0.2, 0.25) is 5.28 Å². The fourth-order valence-corrected chi connectivity index (χ4v) is 0.937. The number of aromatic nitrogens is 2. The highest BCUT2D eigenvalue weighted by molar-refractivity contribution is 6.28. The van der Waals surface area contributed by atoms with Gasteiger partial charge >= 0.3 is 17.8 Å². The number of hydrogen-bond donors (Lipinski definition) is 0. The molecule has 0 fully saturated rings. The van der Waals surface area contributed by atoms with Gasteiger partial charge in [-0.05, 0) is 11.6 Å². The average molecular weight is 308 g/mol. The molecule has 0 spiro atoms. The van der Waals surface area contributed by atoms with Crippen molar-refractivity contribution < 1.29 is 31.6 Å². The molecule has 6 nitrogen and oxygen atoms in total. The van der Waals surface area contributed by atoms with Gasteiger partial charge in [0.2, 0.25) is 5.28 Å². The van der Waals surface area contributed by atoms with E-state index >= 15 is 0 Å². The standard InChI is InChI=1S/C7H3ClF5N3O3/c8-5-14-1-3(16(17)18)4(15-5)19-2-6(9,10)7(11,12)13/h1H,2H2. The number of hydrogen-bond acceptors (Lipinski definition) is 5. The van der Waals surface area contributed by atoms with Crippen LogP contribution in [0.4, 0.5) is 27.6 Å². The lowest BCUT2D eigenvalue weighted by Gasteiger charge is -2.19. The third-order valence-corrected chi connectivity index (χ3v) is 1.89. The number of nitrogens with zero attached hydrogens (tertiary/aromatic N) is 3. The number of ether oxygens (including phenoxy) is 1. The van der Waals surface area contributed by atoms with Crippen LogP contribution in [0.1, 0.15) is 0 Å². The van der Waals surface area contributed by atoms with Crippen molar-refractivity contribution in [3.63, 3.8) is 0 Å². The zero-order valence-corrected chi connectivity index (χ0v) is 9.37. The summed E-state index contributed by atoms with van der Waals surface area (Å²) < 4.78 is 64.7. The van der Waals surface area contributed by atoms with Crippen LogP contribution >= 0.6 is 11.6 Å². The first-order valence-corrected chi connectivity index (χ1v) is 4.66. The maximum absolute atomic E-state index is 12.6. The van der Waals surface area contributed by atoms with Gasteiger partial charge in [0, 0.05) is 0 Å². The second-order valence-electron chi connectivity index (χ2n) is 3.08. The molecule has 0 aliphatic carbocycles. The van der Waals surface area contributed by atoms with Gasteiger partial charge in [0.05, 0.1) is 4.92 Å². The predicted octanol–water partition coefficient (Wildman–Crippen LogP) is 2.61. The van der Waals surface area contributed by atoms with E-state index in [1.165, 1.54) is 0 Å². The lowest BCUT2D eigenvalue weighted by Crippen LogP contribution is -2.41.